The van der Waals surface area contributed by atoms with Crippen LogP contribution in [0.25, 0.3) is 0 Å². The van der Waals surface area contributed by atoms with Gasteiger partial charge in [0.05, 0.1) is 0 Å². The molecule has 2 nitrogen and oxygen atoms in total. The van der Waals surface area contributed by atoms with E-state index in [1.165, 1.54) is 16.7 Å². The Kier molecular flexibility index (Phi) is 3.23. The quantitative estimate of drug-likeness (QED) is 0.747. The second-order valence-electron chi connectivity index (χ2n) is 5.33. The molecule has 1 atom stereocenters. The van der Waals surface area contributed by atoms with E-state index in [1.807, 2.05) is 0 Å². The van der Waals surface area contributed by atoms with E-state index in [9.17, 15) is 4.79 Å². The van der Waals surface area contributed by atoms with Gasteiger partial charge in [0.25, 0.3) is 0 Å². The molecule has 0 radical (unpaired) electrons. The summed E-state index contributed by atoms with van der Waals surface area (Å²) >= 11 is 0. The first-order chi connectivity index (χ1) is 8.04. The number of aryl methyl sites for hydroxylation is 3. The van der Waals surface area contributed by atoms with Gasteiger partial charge in [-0.2, -0.15) is 0 Å². The lowest BCUT2D eigenvalue weighted by molar-refractivity contribution is -0.108. The fourth-order valence-electron chi connectivity index (χ4n) is 2.61. The molecular weight excluding hydrogens is 212 g/mol. The lowest BCUT2D eigenvalue weighted by atomic mass is 9.87. The van der Waals surface area contributed by atoms with Crippen molar-refractivity contribution in [1.82, 2.24) is 0 Å². The highest BCUT2D eigenvalue weighted by Gasteiger charge is 2.31. The third-order valence-corrected chi connectivity index (χ3v) is 3.56. The molecular formula is C15H20O2. The highest BCUT2D eigenvalue weighted by atomic mass is 16.5. The van der Waals surface area contributed by atoms with Gasteiger partial charge in [0.2, 0.25) is 0 Å². The van der Waals surface area contributed by atoms with Gasteiger partial charge in [-0.15, -0.1) is 0 Å². The summed E-state index contributed by atoms with van der Waals surface area (Å²) < 4.78 is 6.15. The van der Waals surface area contributed by atoms with Crippen molar-refractivity contribution >= 4 is 6.29 Å². The molecule has 1 aliphatic rings. The number of carbonyl (C=O) groups is 1. The molecule has 17 heavy (non-hydrogen) atoms. The van der Waals surface area contributed by atoms with Crippen LogP contribution < -0.4 is 4.74 Å². The van der Waals surface area contributed by atoms with Crippen LogP contribution in [0.3, 0.4) is 0 Å². The van der Waals surface area contributed by atoms with Gasteiger partial charge in [-0.3, -0.25) is 0 Å². The summed E-state index contributed by atoms with van der Waals surface area (Å²) in [4.78, 5) is 10.5. The van der Waals surface area contributed by atoms with E-state index in [-0.39, 0.29) is 5.60 Å². The fourth-order valence-corrected chi connectivity index (χ4v) is 2.61. The van der Waals surface area contributed by atoms with Gasteiger partial charge < -0.3 is 9.53 Å². The van der Waals surface area contributed by atoms with Gasteiger partial charge in [0.15, 0.2) is 0 Å². The lowest BCUT2D eigenvalue weighted by Crippen LogP contribution is -2.36. The molecule has 0 spiro atoms. The summed E-state index contributed by atoms with van der Waals surface area (Å²) in [6, 6.07) is 4.37. The third kappa shape index (κ3) is 2.51. The number of aldehydes is 1. The van der Waals surface area contributed by atoms with Gasteiger partial charge in [0.1, 0.15) is 17.6 Å². The second-order valence-corrected chi connectivity index (χ2v) is 5.33. The van der Waals surface area contributed by atoms with Crippen molar-refractivity contribution < 1.29 is 9.53 Å². The van der Waals surface area contributed by atoms with E-state index in [2.05, 4.69) is 32.9 Å². The molecule has 0 saturated carbocycles. The summed E-state index contributed by atoms with van der Waals surface area (Å²) in [5.41, 5.74) is 3.64. The second kappa shape index (κ2) is 4.52. The number of hydrogen-bond acceptors (Lipinski definition) is 2. The molecule has 0 N–H and O–H groups in total. The van der Waals surface area contributed by atoms with Gasteiger partial charge >= 0.3 is 0 Å². The first-order valence-electron chi connectivity index (χ1n) is 6.27. The number of carbonyl (C=O) groups excluding carboxylic acids is 1. The molecule has 2 heteroatoms. The molecule has 0 bridgehead atoms. The average Bonchev–Trinajstić information content (AvgIpc) is 2.28. The topological polar surface area (TPSA) is 26.3 Å². The summed E-state index contributed by atoms with van der Waals surface area (Å²) in [7, 11) is 0. The van der Waals surface area contributed by atoms with Crippen molar-refractivity contribution in [1.29, 1.82) is 0 Å². The summed E-state index contributed by atoms with van der Waals surface area (Å²) in [6.07, 6.45) is 4.41. The predicted octanol–water partition coefficient (Wildman–Crippen LogP) is 3.37. The van der Waals surface area contributed by atoms with E-state index < -0.39 is 0 Å². The minimum absolute atomic E-state index is 0.173. The maximum Gasteiger partial charge on any atom is 0.126 e. The maximum absolute atomic E-state index is 10.5. The van der Waals surface area contributed by atoms with Crippen LogP contribution in [0.1, 0.15) is 42.9 Å². The van der Waals surface area contributed by atoms with E-state index in [0.29, 0.717) is 6.42 Å². The third-order valence-electron chi connectivity index (χ3n) is 3.56. The fraction of sp³-hybridized carbons (Fsp3) is 0.533. The van der Waals surface area contributed by atoms with Crippen LogP contribution in [-0.4, -0.2) is 11.9 Å². The summed E-state index contributed by atoms with van der Waals surface area (Å²) in [5, 5.41) is 0. The molecule has 0 aliphatic carbocycles. The first-order valence-corrected chi connectivity index (χ1v) is 6.27. The van der Waals surface area contributed by atoms with Gasteiger partial charge in [-0.1, -0.05) is 17.7 Å². The zero-order valence-electron chi connectivity index (χ0n) is 10.9. The van der Waals surface area contributed by atoms with Crippen LogP contribution >= 0.6 is 0 Å². The van der Waals surface area contributed by atoms with Crippen LogP contribution in [0.5, 0.6) is 5.75 Å². The van der Waals surface area contributed by atoms with Gasteiger partial charge in [-0.05, 0) is 51.2 Å². The van der Waals surface area contributed by atoms with Crippen molar-refractivity contribution in [2.75, 3.05) is 0 Å². The van der Waals surface area contributed by atoms with Crippen molar-refractivity contribution in [2.45, 2.75) is 52.1 Å². The zero-order valence-corrected chi connectivity index (χ0v) is 10.9. The standard InChI is InChI=1S/C15H20O2/c1-11-9-12(2)14-13(10-11)5-7-15(3,17-14)6-4-8-16/h8-10H,4-7H2,1-3H3/t15-/m1/s1. The van der Waals surface area contributed by atoms with Crippen LogP contribution in [-0.2, 0) is 11.2 Å². The monoisotopic (exact) mass is 232 g/mol. The van der Waals surface area contributed by atoms with Crippen molar-refractivity contribution in [2.24, 2.45) is 0 Å². The van der Waals surface area contributed by atoms with Crippen molar-refractivity contribution in [3.63, 3.8) is 0 Å². The number of benzene rings is 1. The van der Waals surface area contributed by atoms with Gasteiger partial charge in [-0.25, -0.2) is 0 Å². The Bertz CT molecular complexity index is 437. The van der Waals surface area contributed by atoms with Crippen LogP contribution in [0.15, 0.2) is 12.1 Å². The molecule has 0 unspecified atom stereocenters. The molecule has 1 aromatic rings. The van der Waals surface area contributed by atoms with Crippen LogP contribution in [0, 0.1) is 13.8 Å². The summed E-state index contributed by atoms with van der Waals surface area (Å²) in [5.74, 6) is 1.04. The van der Waals surface area contributed by atoms with Crippen molar-refractivity contribution in [3.05, 3.63) is 28.8 Å². The van der Waals surface area contributed by atoms with E-state index in [4.69, 9.17) is 4.74 Å². The Labute approximate surface area is 103 Å². The summed E-state index contributed by atoms with van der Waals surface area (Å²) in [6.45, 7) is 6.32. The highest BCUT2D eigenvalue weighted by molar-refractivity contribution is 5.50. The number of fused-ring (bicyclic) bond motifs is 1. The molecule has 0 amide bonds. The number of hydrogen-bond donors (Lipinski definition) is 0. The molecule has 92 valence electrons. The van der Waals surface area contributed by atoms with E-state index >= 15 is 0 Å². The predicted molar refractivity (Wildman–Crippen MR) is 68.6 cm³/mol. The largest absolute Gasteiger partial charge is 0.487 e. The van der Waals surface area contributed by atoms with Crippen molar-refractivity contribution in [3.8, 4) is 5.75 Å². The van der Waals surface area contributed by atoms with E-state index in [0.717, 1.165) is 31.3 Å². The average molecular weight is 232 g/mol. The Morgan fingerprint density at radius 3 is 2.88 bits per heavy atom. The Hall–Kier alpha value is -1.31. The first kappa shape index (κ1) is 12.2. The highest BCUT2D eigenvalue weighted by Crippen LogP contribution is 2.38. The molecule has 1 heterocycles. The number of ether oxygens (including phenoxy) is 1. The maximum atomic E-state index is 10.5. The zero-order chi connectivity index (χ0) is 12.5. The molecule has 2 rings (SSSR count). The minimum Gasteiger partial charge on any atom is -0.487 e. The van der Waals surface area contributed by atoms with Gasteiger partial charge in [0, 0.05) is 6.42 Å². The van der Waals surface area contributed by atoms with E-state index in [1.54, 1.807) is 0 Å². The van der Waals surface area contributed by atoms with Crippen LogP contribution in [0.4, 0.5) is 0 Å². The Morgan fingerprint density at radius 1 is 1.41 bits per heavy atom. The molecule has 0 fully saturated rings. The Balaban J connectivity index is 2.26. The molecule has 0 saturated heterocycles. The lowest BCUT2D eigenvalue weighted by Gasteiger charge is -2.36. The normalized spacial score (nSPS) is 22.8. The molecule has 0 aromatic heterocycles. The van der Waals surface area contributed by atoms with Crippen LogP contribution in [0.2, 0.25) is 0 Å². The SMILES string of the molecule is Cc1cc(C)c2c(c1)CC[C@@](C)(CCC=O)O2. The Morgan fingerprint density at radius 2 is 2.18 bits per heavy atom. The number of rotatable bonds is 3. The smallest absolute Gasteiger partial charge is 0.126 e. The molecule has 1 aromatic carbocycles. The molecule has 1 aliphatic heterocycles. The minimum atomic E-state index is -0.173.